The van der Waals surface area contributed by atoms with Crippen LogP contribution in [0.3, 0.4) is 0 Å². The first-order valence-electron chi connectivity index (χ1n) is 9.03. The van der Waals surface area contributed by atoms with Crippen LogP contribution in [-0.2, 0) is 6.54 Å². The zero-order valence-corrected chi connectivity index (χ0v) is 16.0. The lowest BCUT2D eigenvalue weighted by Crippen LogP contribution is -2.46. The highest BCUT2D eigenvalue weighted by Gasteiger charge is 2.21. The zero-order chi connectivity index (χ0) is 18.8. The van der Waals surface area contributed by atoms with Gasteiger partial charge in [-0.1, -0.05) is 23.7 Å². The second-order valence-corrected chi connectivity index (χ2v) is 7.11. The molecule has 0 aliphatic carbocycles. The number of pyridine rings is 1. The van der Waals surface area contributed by atoms with Crippen LogP contribution in [0.25, 0.3) is 10.9 Å². The molecule has 1 fully saturated rings. The van der Waals surface area contributed by atoms with Gasteiger partial charge >= 0.3 is 0 Å². The summed E-state index contributed by atoms with van der Waals surface area (Å²) in [4.78, 5) is 8.95. The molecule has 4 rings (SSSR count). The Kier molecular flexibility index (Phi) is 5.05. The van der Waals surface area contributed by atoms with Gasteiger partial charge in [-0.2, -0.15) is 0 Å². The molecular formula is C21H22ClN3O2. The average molecular weight is 384 g/mol. The van der Waals surface area contributed by atoms with Crippen molar-refractivity contribution in [3.05, 3.63) is 59.2 Å². The smallest absolute Gasteiger partial charge is 0.146 e. The molecule has 0 amide bonds. The van der Waals surface area contributed by atoms with Crippen molar-refractivity contribution in [1.82, 2.24) is 9.88 Å². The van der Waals surface area contributed by atoms with Crippen LogP contribution in [0.15, 0.2) is 48.7 Å². The molecule has 1 aliphatic rings. The van der Waals surface area contributed by atoms with E-state index in [0.717, 1.165) is 48.6 Å². The number of halogens is 1. The van der Waals surface area contributed by atoms with Gasteiger partial charge in [0.1, 0.15) is 17.0 Å². The van der Waals surface area contributed by atoms with E-state index in [1.807, 2.05) is 36.4 Å². The number of rotatable bonds is 4. The Balaban J connectivity index is 1.48. The molecule has 0 bridgehead atoms. The van der Waals surface area contributed by atoms with Crippen molar-refractivity contribution in [3.63, 3.8) is 0 Å². The number of phenolic OH excluding ortho intramolecular Hbond substituents is 1. The molecule has 5 nitrogen and oxygen atoms in total. The SMILES string of the molecule is COc1ccccc1N1CCN(Cc2cc(Cl)c3cccnc3c2O)CC1. The molecule has 1 N–H and O–H groups in total. The van der Waals surface area contributed by atoms with E-state index < -0.39 is 0 Å². The van der Waals surface area contributed by atoms with E-state index in [1.54, 1.807) is 13.3 Å². The zero-order valence-electron chi connectivity index (χ0n) is 15.2. The second kappa shape index (κ2) is 7.62. The summed E-state index contributed by atoms with van der Waals surface area (Å²) in [7, 11) is 1.70. The number of benzene rings is 2. The van der Waals surface area contributed by atoms with E-state index in [2.05, 4.69) is 20.9 Å². The average Bonchev–Trinajstić information content (AvgIpc) is 2.72. The molecule has 27 heavy (non-hydrogen) atoms. The minimum absolute atomic E-state index is 0.224. The highest BCUT2D eigenvalue weighted by Crippen LogP contribution is 2.34. The molecule has 3 aromatic rings. The number of para-hydroxylation sites is 2. The lowest BCUT2D eigenvalue weighted by atomic mass is 10.1. The fraction of sp³-hybridized carbons (Fsp3) is 0.286. The minimum atomic E-state index is 0.224. The van der Waals surface area contributed by atoms with Gasteiger partial charge in [0.05, 0.1) is 17.8 Å². The van der Waals surface area contributed by atoms with Crippen molar-refractivity contribution >= 4 is 28.2 Å². The third-order valence-electron chi connectivity index (χ3n) is 5.09. The predicted octanol–water partition coefficient (Wildman–Crippen LogP) is 3.92. The maximum Gasteiger partial charge on any atom is 0.146 e. The third-order valence-corrected chi connectivity index (χ3v) is 5.40. The van der Waals surface area contributed by atoms with Crippen LogP contribution in [0.5, 0.6) is 11.5 Å². The van der Waals surface area contributed by atoms with Crippen LogP contribution < -0.4 is 9.64 Å². The van der Waals surface area contributed by atoms with Crippen LogP contribution in [-0.4, -0.2) is 48.3 Å². The summed E-state index contributed by atoms with van der Waals surface area (Å²) < 4.78 is 5.48. The lowest BCUT2D eigenvalue weighted by Gasteiger charge is -2.36. The maximum absolute atomic E-state index is 10.6. The Labute approximate surface area is 163 Å². The fourth-order valence-corrected chi connectivity index (χ4v) is 3.92. The molecule has 1 saturated heterocycles. The highest BCUT2D eigenvalue weighted by molar-refractivity contribution is 6.35. The Hall–Kier alpha value is -2.50. The van der Waals surface area contributed by atoms with Crippen molar-refractivity contribution in [2.45, 2.75) is 6.54 Å². The van der Waals surface area contributed by atoms with Crippen molar-refractivity contribution in [2.75, 3.05) is 38.2 Å². The Morgan fingerprint density at radius 2 is 1.89 bits per heavy atom. The van der Waals surface area contributed by atoms with Gasteiger partial charge < -0.3 is 14.7 Å². The summed E-state index contributed by atoms with van der Waals surface area (Å²) in [6.07, 6.45) is 1.67. The number of methoxy groups -OCH3 is 1. The summed E-state index contributed by atoms with van der Waals surface area (Å²) in [6, 6.07) is 13.7. The van der Waals surface area contributed by atoms with E-state index in [-0.39, 0.29) is 5.75 Å². The summed E-state index contributed by atoms with van der Waals surface area (Å²) >= 11 is 6.40. The summed E-state index contributed by atoms with van der Waals surface area (Å²) in [5.41, 5.74) is 2.50. The summed E-state index contributed by atoms with van der Waals surface area (Å²) in [6.45, 7) is 4.25. The fourth-order valence-electron chi connectivity index (χ4n) is 3.64. The van der Waals surface area contributed by atoms with Gasteiger partial charge in [-0.05, 0) is 30.3 Å². The van der Waals surface area contributed by atoms with Gasteiger partial charge in [-0.3, -0.25) is 9.88 Å². The third kappa shape index (κ3) is 3.53. The van der Waals surface area contributed by atoms with E-state index in [0.29, 0.717) is 17.1 Å². The van der Waals surface area contributed by atoms with Gasteiger partial charge in [-0.25, -0.2) is 0 Å². The number of nitrogens with zero attached hydrogens (tertiary/aromatic N) is 3. The second-order valence-electron chi connectivity index (χ2n) is 6.70. The number of phenols is 1. The van der Waals surface area contributed by atoms with Gasteiger partial charge in [-0.15, -0.1) is 0 Å². The Morgan fingerprint density at radius 3 is 2.67 bits per heavy atom. The molecule has 2 heterocycles. The quantitative estimate of drug-likeness (QED) is 0.739. The molecule has 1 aliphatic heterocycles. The monoisotopic (exact) mass is 383 g/mol. The molecular weight excluding hydrogens is 362 g/mol. The molecule has 2 aromatic carbocycles. The molecule has 0 spiro atoms. The summed E-state index contributed by atoms with van der Waals surface area (Å²) in [5, 5.41) is 12.0. The first kappa shape index (κ1) is 17.9. The standard InChI is InChI=1S/C21H22ClN3O2/c1-27-19-7-3-2-6-18(19)25-11-9-24(10-12-25)14-15-13-17(22)16-5-4-8-23-20(16)21(15)26/h2-8,13,26H,9-12,14H2,1H3. The molecule has 6 heteroatoms. The van der Waals surface area contributed by atoms with E-state index in [1.165, 1.54) is 0 Å². The number of fused-ring (bicyclic) bond motifs is 1. The van der Waals surface area contributed by atoms with Crippen LogP contribution >= 0.6 is 11.6 Å². The topological polar surface area (TPSA) is 48.8 Å². The molecule has 0 saturated carbocycles. The predicted molar refractivity (Wildman–Crippen MR) is 109 cm³/mol. The minimum Gasteiger partial charge on any atom is -0.505 e. The Morgan fingerprint density at radius 1 is 1.11 bits per heavy atom. The van der Waals surface area contributed by atoms with Crippen LogP contribution in [0, 0.1) is 0 Å². The molecule has 140 valence electrons. The number of aromatic hydroxyl groups is 1. The van der Waals surface area contributed by atoms with Crippen molar-refractivity contribution in [2.24, 2.45) is 0 Å². The van der Waals surface area contributed by atoms with Gasteiger partial charge in [0.2, 0.25) is 0 Å². The number of hydrogen-bond donors (Lipinski definition) is 1. The first-order chi connectivity index (χ1) is 13.2. The first-order valence-corrected chi connectivity index (χ1v) is 9.40. The molecule has 0 radical (unpaired) electrons. The largest absolute Gasteiger partial charge is 0.505 e. The lowest BCUT2D eigenvalue weighted by molar-refractivity contribution is 0.246. The summed E-state index contributed by atoms with van der Waals surface area (Å²) in [5.74, 6) is 1.12. The molecule has 0 unspecified atom stereocenters. The van der Waals surface area contributed by atoms with Crippen molar-refractivity contribution < 1.29 is 9.84 Å². The van der Waals surface area contributed by atoms with Crippen LogP contribution in [0.1, 0.15) is 5.56 Å². The normalized spacial score (nSPS) is 15.3. The molecule has 0 atom stereocenters. The molecule has 1 aromatic heterocycles. The number of anilines is 1. The number of ether oxygens (including phenoxy) is 1. The van der Waals surface area contributed by atoms with E-state index in [4.69, 9.17) is 16.3 Å². The van der Waals surface area contributed by atoms with E-state index in [9.17, 15) is 5.11 Å². The van der Waals surface area contributed by atoms with Gasteiger partial charge in [0.25, 0.3) is 0 Å². The maximum atomic E-state index is 10.6. The van der Waals surface area contributed by atoms with Crippen LogP contribution in [0.2, 0.25) is 5.02 Å². The van der Waals surface area contributed by atoms with Crippen molar-refractivity contribution in [3.8, 4) is 11.5 Å². The van der Waals surface area contributed by atoms with E-state index >= 15 is 0 Å². The van der Waals surface area contributed by atoms with Gasteiger partial charge in [0.15, 0.2) is 0 Å². The Bertz CT molecular complexity index is 955. The van der Waals surface area contributed by atoms with Gasteiger partial charge in [0, 0.05) is 49.9 Å². The number of hydrogen-bond acceptors (Lipinski definition) is 5. The number of piperazine rings is 1. The number of aromatic nitrogens is 1. The van der Waals surface area contributed by atoms with Crippen molar-refractivity contribution in [1.29, 1.82) is 0 Å². The van der Waals surface area contributed by atoms with Crippen LogP contribution in [0.4, 0.5) is 5.69 Å². The highest BCUT2D eigenvalue weighted by atomic mass is 35.5.